The highest BCUT2D eigenvalue weighted by Gasteiger charge is 2.62. The number of carbonyl (C=O) groups excluding carboxylic acids is 2. The minimum Gasteiger partial charge on any atom is -0.462 e. The number of fused-ring (bicyclic) bond motifs is 2. The van der Waals surface area contributed by atoms with Crippen LogP contribution >= 0.6 is 0 Å². The number of ether oxygens (including phenoxy) is 5. The summed E-state index contributed by atoms with van der Waals surface area (Å²) in [6.07, 6.45) is 12.1. The van der Waals surface area contributed by atoms with Crippen molar-refractivity contribution in [2.45, 2.75) is 160 Å². The van der Waals surface area contributed by atoms with Crippen molar-refractivity contribution in [2.75, 3.05) is 13.2 Å². The van der Waals surface area contributed by atoms with Gasteiger partial charge in [-0.1, -0.05) is 77.5 Å². The van der Waals surface area contributed by atoms with Gasteiger partial charge in [0.25, 0.3) is 0 Å². The van der Waals surface area contributed by atoms with E-state index in [0.29, 0.717) is 36.3 Å². The van der Waals surface area contributed by atoms with Gasteiger partial charge < -0.3 is 33.2 Å². The lowest BCUT2D eigenvalue weighted by Gasteiger charge is -2.49. The average Bonchev–Trinajstić information content (AvgIpc) is 3.36. The van der Waals surface area contributed by atoms with Gasteiger partial charge in [-0.3, -0.25) is 9.59 Å². The van der Waals surface area contributed by atoms with Crippen LogP contribution in [0.4, 0.5) is 0 Å². The quantitative estimate of drug-likeness (QED) is 0.176. The average molecular weight is 715 g/mol. The first kappa shape index (κ1) is 39.1. The van der Waals surface area contributed by atoms with Gasteiger partial charge in [-0.05, 0) is 74.2 Å². The molecule has 280 valence electrons. The third kappa shape index (κ3) is 8.26. The monoisotopic (exact) mass is 714 g/mol. The van der Waals surface area contributed by atoms with Gasteiger partial charge in [0.1, 0.15) is 30.3 Å². The van der Waals surface area contributed by atoms with Crippen LogP contribution in [0.1, 0.15) is 100 Å². The first-order valence-corrected chi connectivity index (χ1v) is 21.8. The first-order chi connectivity index (χ1) is 23.4. The topological polar surface area (TPSA) is 110 Å². The number of carbonyl (C=O) groups is 2. The molecule has 0 amide bonds. The highest BCUT2D eigenvalue weighted by Crippen LogP contribution is 2.50. The van der Waals surface area contributed by atoms with Crippen molar-refractivity contribution in [2.24, 2.45) is 17.8 Å². The van der Waals surface area contributed by atoms with Gasteiger partial charge in [0, 0.05) is 25.7 Å². The molecule has 50 heavy (non-hydrogen) atoms. The Kier molecular flexibility index (Phi) is 11.8. The van der Waals surface area contributed by atoms with Crippen LogP contribution in [0.25, 0.3) is 0 Å². The van der Waals surface area contributed by atoms with E-state index in [1.165, 1.54) is 5.57 Å². The molecule has 9 nitrogen and oxygen atoms in total. The molecule has 0 aromatic rings. The molecule has 3 saturated heterocycles. The fourth-order valence-electron chi connectivity index (χ4n) is 7.77. The Balaban J connectivity index is 1.59. The van der Waals surface area contributed by atoms with Crippen molar-refractivity contribution in [1.29, 1.82) is 0 Å². The minimum absolute atomic E-state index is 0.0129. The third-order valence-corrected chi connectivity index (χ3v) is 16.5. The van der Waals surface area contributed by atoms with E-state index in [9.17, 15) is 14.7 Å². The lowest BCUT2D eigenvalue weighted by molar-refractivity contribution is -0.332. The lowest BCUT2D eigenvalue weighted by atomic mass is 9.70. The maximum atomic E-state index is 14.6. The highest BCUT2D eigenvalue weighted by molar-refractivity contribution is 6.74. The second-order valence-corrected chi connectivity index (χ2v) is 21.9. The lowest BCUT2D eigenvalue weighted by Crippen LogP contribution is -2.61. The van der Waals surface area contributed by atoms with Crippen LogP contribution in [0, 0.1) is 17.8 Å². The predicted molar refractivity (Wildman–Crippen MR) is 195 cm³/mol. The van der Waals surface area contributed by atoms with E-state index >= 15 is 0 Å². The smallest absolute Gasteiger partial charge is 0.316 e. The van der Waals surface area contributed by atoms with Gasteiger partial charge >= 0.3 is 11.9 Å². The summed E-state index contributed by atoms with van der Waals surface area (Å²) in [6, 6.07) is 0. The van der Waals surface area contributed by atoms with Gasteiger partial charge in [-0.2, -0.15) is 0 Å². The van der Waals surface area contributed by atoms with Crippen LogP contribution in [0.5, 0.6) is 0 Å². The van der Waals surface area contributed by atoms with E-state index < -0.39 is 49.9 Å². The maximum absolute atomic E-state index is 14.6. The van der Waals surface area contributed by atoms with Gasteiger partial charge in [0.2, 0.25) is 0 Å². The van der Waals surface area contributed by atoms with Crippen LogP contribution in [0.15, 0.2) is 47.1 Å². The molecule has 5 aliphatic rings. The number of hydrogen-bond donors (Lipinski definition) is 1. The molecule has 0 aromatic heterocycles. The molecule has 4 heterocycles. The largest absolute Gasteiger partial charge is 0.462 e. The maximum Gasteiger partial charge on any atom is 0.316 e. The van der Waals surface area contributed by atoms with Gasteiger partial charge in [-0.15, -0.1) is 0 Å². The normalized spacial score (nSPS) is 41.2. The molecule has 2 bridgehead atoms. The number of rotatable bonds is 5. The fraction of sp³-hybridized carbons (Fsp3) is 0.750. The summed E-state index contributed by atoms with van der Waals surface area (Å²) in [7, 11) is -2.44. The van der Waals surface area contributed by atoms with Crippen molar-refractivity contribution in [3.8, 4) is 0 Å². The van der Waals surface area contributed by atoms with E-state index in [-0.39, 0.29) is 48.8 Å². The summed E-state index contributed by atoms with van der Waals surface area (Å²) < 4.78 is 38.9. The summed E-state index contributed by atoms with van der Waals surface area (Å²) in [5, 5.41) is 12.8. The zero-order chi connectivity index (χ0) is 36.6. The Morgan fingerprint density at radius 1 is 1.14 bits per heavy atom. The van der Waals surface area contributed by atoms with E-state index in [1.54, 1.807) is 13.0 Å². The van der Waals surface area contributed by atoms with E-state index in [4.69, 9.17) is 28.1 Å². The summed E-state index contributed by atoms with van der Waals surface area (Å²) in [6.45, 7) is 21.1. The zero-order valence-electron chi connectivity index (χ0n) is 32.1. The molecule has 4 aliphatic heterocycles. The SMILES string of the molecule is CCC(=O)OCC1=C[C@H]2C(=O)O[C@H]3C[C@@H](C/C=C(\C)C[C@@H](C)/C=C/C=C4\CO[C@H]([C@@H]1O[Si](C)(C)C(C)(C)C)[C@@]42O)O[C@@]1(CC[C@H](C)[C@@H](C)O1)C3. The number of allylic oxidation sites excluding steroid dienone is 4. The molecule has 10 heteroatoms. The second kappa shape index (κ2) is 15.1. The molecular weight excluding hydrogens is 653 g/mol. The Bertz CT molecular complexity index is 1390. The summed E-state index contributed by atoms with van der Waals surface area (Å²) in [5.41, 5.74) is 0.730. The molecular formula is C40H62O9Si. The molecule has 10 atom stereocenters. The molecule has 1 spiro atoms. The van der Waals surface area contributed by atoms with E-state index in [1.807, 2.05) is 12.2 Å². The molecule has 0 saturated carbocycles. The van der Waals surface area contributed by atoms with Crippen LogP contribution in [-0.2, 0) is 37.7 Å². The fourth-order valence-corrected chi connectivity index (χ4v) is 9.03. The van der Waals surface area contributed by atoms with Crippen LogP contribution in [-0.4, -0.2) is 80.5 Å². The summed E-state index contributed by atoms with van der Waals surface area (Å²) in [4.78, 5) is 27.0. The third-order valence-electron chi connectivity index (χ3n) is 12.1. The van der Waals surface area contributed by atoms with Gasteiger partial charge in [-0.25, -0.2) is 0 Å². The van der Waals surface area contributed by atoms with E-state index in [2.05, 4.69) is 73.7 Å². The van der Waals surface area contributed by atoms with Crippen molar-refractivity contribution in [3.63, 3.8) is 0 Å². The molecule has 5 rings (SSSR count). The number of esters is 2. The Morgan fingerprint density at radius 2 is 1.88 bits per heavy atom. The van der Waals surface area contributed by atoms with Gasteiger partial charge in [0.15, 0.2) is 14.1 Å². The Hall–Kier alpha value is -2.08. The standard InChI is InChI=1S/C40H62O9Si/c1-11-34(41)44-23-29-20-33-37(42)46-32-21-31(48-39(22-32)18-17-27(4)28(5)47-39)16-15-26(3)19-25(2)13-12-14-30-24-45-36(40(30,33)43)35(29)49-50(9,10)38(6,7)8/h12-15,20,25,27-28,31-33,35-36,43H,11,16-19,21-24H2,1-10H3/b13-12+,26-15+,30-14+/t25-,27-,28+,31+,32-,33-,35+,36+,39-,40+/m0/s1. The summed E-state index contributed by atoms with van der Waals surface area (Å²) in [5.74, 6) is -2.20. The molecule has 0 aromatic carbocycles. The van der Waals surface area contributed by atoms with E-state index in [0.717, 1.165) is 19.3 Å². The van der Waals surface area contributed by atoms with Crippen LogP contribution < -0.4 is 0 Å². The summed E-state index contributed by atoms with van der Waals surface area (Å²) >= 11 is 0. The molecule has 3 fully saturated rings. The first-order valence-electron chi connectivity index (χ1n) is 18.8. The van der Waals surface area contributed by atoms with Crippen molar-refractivity contribution in [1.82, 2.24) is 0 Å². The predicted octanol–water partition coefficient (Wildman–Crippen LogP) is 7.50. The van der Waals surface area contributed by atoms with Crippen molar-refractivity contribution in [3.05, 3.63) is 47.1 Å². The molecule has 1 aliphatic carbocycles. The number of hydrogen-bond acceptors (Lipinski definition) is 9. The van der Waals surface area contributed by atoms with Crippen molar-refractivity contribution >= 4 is 20.3 Å². The zero-order valence-corrected chi connectivity index (χ0v) is 33.1. The Labute approximate surface area is 300 Å². The minimum atomic E-state index is -2.44. The molecule has 0 radical (unpaired) electrons. The van der Waals surface area contributed by atoms with Crippen LogP contribution in [0.3, 0.4) is 0 Å². The van der Waals surface area contributed by atoms with Crippen molar-refractivity contribution < 1.29 is 42.8 Å². The molecule has 0 unspecified atom stereocenters. The highest BCUT2D eigenvalue weighted by atomic mass is 28.4. The van der Waals surface area contributed by atoms with Crippen LogP contribution in [0.2, 0.25) is 18.1 Å². The second-order valence-electron chi connectivity index (χ2n) is 17.1. The Morgan fingerprint density at radius 3 is 2.56 bits per heavy atom. The number of aliphatic hydroxyl groups is 1. The van der Waals surface area contributed by atoms with Gasteiger partial charge in [0.05, 0.1) is 24.9 Å². The molecule has 1 N–H and O–H groups in total.